The van der Waals surface area contributed by atoms with Crippen LogP contribution in [-0.2, 0) is 11.2 Å². The molecule has 3 rings (SSSR count). The van der Waals surface area contributed by atoms with Crippen LogP contribution >= 0.6 is 0 Å². The minimum absolute atomic E-state index is 0.0142. The van der Waals surface area contributed by atoms with Gasteiger partial charge in [-0.3, -0.25) is 4.90 Å². The molecule has 1 N–H and O–H groups in total. The summed E-state index contributed by atoms with van der Waals surface area (Å²) in [6, 6.07) is 9.28. The maximum atomic E-state index is 9.61. The van der Waals surface area contributed by atoms with Crippen LogP contribution in [0.4, 0.5) is 0 Å². The highest BCUT2D eigenvalue weighted by atomic mass is 16.5. The molecule has 0 spiro atoms. The van der Waals surface area contributed by atoms with Crippen molar-refractivity contribution in [2.75, 3.05) is 32.9 Å². The van der Waals surface area contributed by atoms with E-state index in [1.165, 1.54) is 11.1 Å². The van der Waals surface area contributed by atoms with E-state index >= 15 is 0 Å². The number of ether oxygens (including phenoxy) is 1. The van der Waals surface area contributed by atoms with Gasteiger partial charge < -0.3 is 9.84 Å². The Morgan fingerprint density at radius 3 is 2.79 bits per heavy atom. The maximum absolute atomic E-state index is 9.61. The molecule has 0 aromatic heterocycles. The fourth-order valence-electron chi connectivity index (χ4n) is 3.43. The van der Waals surface area contributed by atoms with E-state index in [4.69, 9.17) is 4.74 Å². The second kappa shape index (κ2) is 5.23. The third-order valence-corrected chi connectivity index (χ3v) is 4.60. The number of hydrogen-bond donors (Lipinski definition) is 1. The Hall–Kier alpha value is -0.900. The predicted octanol–water partition coefficient (Wildman–Crippen LogP) is 2.00. The van der Waals surface area contributed by atoms with Gasteiger partial charge in [0.25, 0.3) is 0 Å². The van der Waals surface area contributed by atoms with Crippen LogP contribution in [0.2, 0.25) is 0 Å². The summed E-state index contributed by atoms with van der Waals surface area (Å²) >= 11 is 0. The van der Waals surface area contributed by atoms with Crippen molar-refractivity contribution < 1.29 is 9.84 Å². The topological polar surface area (TPSA) is 32.7 Å². The fraction of sp³-hybridized carbons (Fsp3) is 0.625. The molecule has 1 saturated heterocycles. The highest BCUT2D eigenvalue weighted by Gasteiger charge is 2.41. The largest absolute Gasteiger partial charge is 0.396 e. The van der Waals surface area contributed by atoms with Crippen LogP contribution in [0.5, 0.6) is 0 Å². The average molecular weight is 261 g/mol. The van der Waals surface area contributed by atoms with Gasteiger partial charge in [-0.2, -0.15) is 0 Å². The Kier molecular flexibility index (Phi) is 3.61. The van der Waals surface area contributed by atoms with Crippen molar-refractivity contribution in [1.82, 2.24) is 4.90 Å². The van der Waals surface area contributed by atoms with Crippen LogP contribution in [0.15, 0.2) is 24.3 Å². The van der Waals surface area contributed by atoms with E-state index in [-0.39, 0.29) is 12.0 Å². The van der Waals surface area contributed by atoms with Crippen LogP contribution in [0, 0.1) is 5.41 Å². The number of nitrogens with zero attached hydrogens (tertiary/aromatic N) is 1. The molecule has 0 aliphatic carbocycles. The fourth-order valence-corrected chi connectivity index (χ4v) is 3.43. The monoisotopic (exact) mass is 261 g/mol. The first-order valence-electron chi connectivity index (χ1n) is 7.28. The number of benzene rings is 1. The minimum atomic E-state index is -0.0142. The lowest BCUT2D eigenvalue weighted by molar-refractivity contribution is -0.152. The number of rotatable bonds is 4. The number of aliphatic hydroxyl groups is 1. The van der Waals surface area contributed by atoms with E-state index in [1.807, 2.05) is 0 Å². The normalized spacial score (nSPS) is 25.7. The first kappa shape index (κ1) is 13.1. The standard InChI is InChI=1S/C16H23NO2/c1-2-15-14-6-4-3-5-13(14)7-8-17(15)9-16(10-18)11-19-12-16/h3-6,15,18H,2,7-12H2,1H3. The summed E-state index contributed by atoms with van der Waals surface area (Å²) in [5, 5.41) is 9.61. The first-order valence-corrected chi connectivity index (χ1v) is 7.28. The molecule has 0 radical (unpaired) electrons. The van der Waals surface area contributed by atoms with Crippen molar-refractivity contribution in [3.05, 3.63) is 35.4 Å². The summed E-state index contributed by atoms with van der Waals surface area (Å²) in [7, 11) is 0. The van der Waals surface area contributed by atoms with Crippen LogP contribution in [-0.4, -0.2) is 42.9 Å². The molecule has 0 bridgehead atoms. The van der Waals surface area contributed by atoms with Crippen molar-refractivity contribution in [2.24, 2.45) is 5.41 Å². The molecule has 1 unspecified atom stereocenters. The Morgan fingerprint density at radius 2 is 2.16 bits per heavy atom. The van der Waals surface area contributed by atoms with Gasteiger partial charge in [0.1, 0.15) is 0 Å². The van der Waals surface area contributed by atoms with Gasteiger partial charge in [0, 0.05) is 19.1 Å². The molecule has 2 aliphatic heterocycles. The van der Waals surface area contributed by atoms with Crippen molar-refractivity contribution >= 4 is 0 Å². The van der Waals surface area contributed by atoms with Gasteiger partial charge in [-0.15, -0.1) is 0 Å². The third kappa shape index (κ3) is 2.31. The van der Waals surface area contributed by atoms with E-state index in [1.54, 1.807) is 0 Å². The van der Waals surface area contributed by atoms with E-state index in [9.17, 15) is 5.11 Å². The number of aliphatic hydroxyl groups excluding tert-OH is 1. The lowest BCUT2D eigenvalue weighted by Crippen LogP contribution is -2.54. The molecular formula is C16H23NO2. The second-order valence-corrected chi connectivity index (χ2v) is 5.99. The minimum Gasteiger partial charge on any atom is -0.396 e. The summed E-state index contributed by atoms with van der Waals surface area (Å²) in [6.07, 6.45) is 2.24. The highest BCUT2D eigenvalue weighted by Crippen LogP contribution is 2.36. The lowest BCUT2D eigenvalue weighted by Gasteiger charge is -2.47. The summed E-state index contributed by atoms with van der Waals surface area (Å²) in [5.74, 6) is 0. The molecule has 3 nitrogen and oxygen atoms in total. The highest BCUT2D eigenvalue weighted by molar-refractivity contribution is 5.32. The number of fused-ring (bicyclic) bond motifs is 1. The zero-order valence-corrected chi connectivity index (χ0v) is 11.6. The predicted molar refractivity (Wildman–Crippen MR) is 75.1 cm³/mol. The van der Waals surface area contributed by atoms with E-state index in [0.717, 1.165) is 25.9 Å². The van der Waals surface area contributed by atoms with Gasteiger partial charge in [-0.25, -0.2) is 0 Å². The Morgan fingerprint density at radius 1 is 1.37 bits per heavy atom. The zero-order valence-electron chi connectivity index (χ0n) is 11.6. The van der Waals surface area contributed by atoms with Gasteiger partial charge in [-0.1, -0.05) is 31.2 Å². The summed E-state index contributed by atoms with van der Waals surface area (Å²) < 4.78 is 5.32. The number of hydrogen-bond acceptors (Lipinski definition) is 3. The quantitative estimate of drug-likeness (QED) is 0.900. The Bertz CT molecular complexity index is 437. The molecular weight excluding hydrogens is 238 g/mol. The van der Waals surface area contributed by atoms with Crippen LogP contribution < -0.4 is 0 Å². The van der Waals surface area contributed by atoms with Crippen molar-refractivity contribution in [1.29, 1.82) is 0 Å². The lowest BCUT2D eigenvalue weighted by atomic mass is 9.83. The van der Waals surface area contributed by atoms with Gasteiger partial charge in [-0.05, 0) is 24.0 Å². The van der Waals surface area contributed by atoms with E-state index in [2.05, 4.69) is 36.1 Å². The van der Waals surface area contributed by atoms with E-state index in [0.29, 0.717) is 19.3 Å². The molecule has 1 atom stereocenters. The molecule has 104 valence electrons. The average Bonchev–Trinajstić information content (AvgIpc) is 2.42. The molecule has 3 heteroatoms. The maximum Gasteiger partial charge on any atom is 0.0579 e. The van der Waals surface area contributed by atoms with Gasteiger partial charge in [0.15, 0.2) is 0 Å². The van der Waals surface area contributed by atoms with Crippen LogP contribution in [0.25, 0.3) is 0 Å². The Balaban J connectivity index is 1.80. The summed E-state index contributed by atoms with van der Waals surface area (Å²) in [4.78, 5) is 2.54. The molecule has 1 fully saturated rings. The molecule has 1 aromatic rings. The van der Waals surface area contributed by atoms with Crippen molar-refractivity contribution in [3.63, 3.8) is 0 Å². The molecule has 0 amide bonds. The SMILES string of the molecule is CCC1c2ccccc2CCN1CC1(CO)COC1. The van der Waals surface area contributed by atoms with Gasteiger partial charge >= 0.3 is 0 Å². The first-order chi connectivity index (χ1) is 9.28. The summed E-state index contributed by atoms with van der Waals surface area (Å²) in [6.45, 7) is 5.95. The zero-order chi connectivity index (χ0) is 13.3. The smallest absolute Gasteiger partial charge is 0.0579 e. The van der Waals surface area contributed by atoms with Crippen molar-refractivity contribution in [2.45, 2.75) is 25.8 Å². The van der Waals surface area contributed by atoms with Crippen LogP contribution in [0.1, 0.15) is 30.5 Å². The summed E-state index contributed by atoms with van der Waals surface area (Å²) in [5.41, 5.74) is 2.96. The van der Waals surface area contributed by atoms with Crippen molar-refractivity contribution in [3.8, 4) is 0 Å². The third-order valence-electron chi connectivity index (χ3n) is 4.60. The molecule has 19 heavy (non-hydrogen) atoms. The molecule has 2 aliphatic rings. The Labute approximate surface area is 115 Å². The van der Waals surface area contributed by atoms with E-state index < -0.39 is 0 Å². The second-order valence-electron chi connectivity index (χ2n) is 5.99. The van der Waals surface area contributed by atoms with Gasteiger partial charge in [0.2, 0.25) is 0 Å². The molecule has 1 aromatic carbocycles. The van der Waals surface area contributed by atoms with Gasteiger partial charge in [0.05, 0.1) is 25.2 Å². The van der Waals surface area contributed by atoms with Crippen LogP contribution in [0.3, 0.4) is 0 Å². The molecule has 0 saturated carbocycles. The molecule has 2 heterocycles.